The number of carbonyl (C=O) groups is 1. The van der Waals surface area contributed by atoms with E-state index in [0.29, 0.717) is 0 Å². The second kappa shape index (κ2) is 10.7. The summed E-state index contributed by atoms with van der Waals surface area (Å²) in [5, 5.41) is 26.3. The van der Waals surface area contributed by atoms with Crippen molar-refractivity contribution in [1.82, 2.24) is 0 Å². The van der Waals surface area contributed by atoms with Crippen molar-refractivity contribution in [3.63, 3.8) is 0 Å². The number of azo groups is 1. The van der Waals surface area contributed by atoms with E-state index in [2.05, 4.69) is 10.2 Å². The molecular weight excluding hydrogens is 486 g/mol. The van der Waals surface area contributed by atoms with Crippen LogP contribution in [0.2, 0.25) is 0 Å². The first-order valence-corrected chi connectivity index (χ1v) is 10.7. The molecule has 0 aliphatic carbocycles. The molecule has 2 N–H and O–H groups in total. The van der Waals surface area contributed by atoms with Gasteiger partial charge in [-0.05, 0) is 53.9 Å². The molecule has 156 valence electrons. The summed E-state index contributed by atoms with van der Waals surface area (Å²) < 4.78 is 68.4. The monoisotopic (exact) mass is 496 g/mol. The normalized spacial score (nSPS) is 11.7. The quantitative estimate of drug-likeness (QED) is 0.204. The van der Waals surface area contributed by atoms with Crippen LogP contribution in [0.15, 0.2) is 68.6 Å². The Morgan fingerprint density at radius 2 is 1.44 bits per heavy atom. The number of phenols is 1. The van der Waals surface area contributed by atoms with Crippen molar-refractivity contribution in [2.45, 2.75) is 9.79 Å². The average Bonchev–Trinajstić information content (AvgIpc) is 2.65. The van der Waals surface area contributed by atoms with Gasteiger partial charge < -0.3 is 19.3 Å². The fourth-order valence-electron chi connectivity index (χ4n) is 2.55. The van der Waals surface area contributed by atoms with Crippen LogP contribution in [0, 0.1) is 0 Å². The number of hydrogen-bond donors (Lipinski definition) is 2. The van der Waals surface area contributed by atoms with Gasteiger partial charge >= 0.3 is 65.1 Å². The van der Waals surface area contributed by atoms with Crippen LogP contribution >= 0.6 is 0 Å². The fraction of sp³-hybridized carbons (Fsp3) is 0. The Labute approximate surface area is 226 Å². The molecule has 0 saturated heterocycles. The van der Waals surface area contributed by atoms with Crippen LogP contribution in [-0.2, 0) is 20.2 Å². The number of phenolic OH excluding ortho intramolecular Hbond substituents is 1. The first-order valence-electron chi connectivity index (χ1n) is 7.84. The number of rotatable bonds is 5. The van der Waals surface area contributed by atoms with E-state index < -0.39 is 47.4 Å². The topological polar surface area (TPSA) is 197 Å². The van der Waals surface area contributed by atoms with E-state index >= 15 is 0 Å². The van der Waals surface area contributed by atoms with Crippen LogP contribution in [0.5, 0.6) is 5.75 Å². The fourth-order valence-corrected chi connectivity index (χ4v) is 3.70. The average molecular weight is 496 g/mol. The molecule has 0 saturated carbocycles. The molecular formula is C17H10N2Na2O9S2. The zero-order chi connectivity index (χ0) is 22.3. The second-order valence-electron chi connectivity index (χ2n) is 5.92. The SMILES string of the molecule is O=C(O)c1ccc(N=Nc2c(S(=O)(=O)[O-])cc3cc(S(=O)(=O)[O-])ccc3c2O)cc1.[Na+].[Na+]. The molecule has 0 fully saturated rings. The number of carboxylic acids is 1. The maximum absolute atomic E-state index is 11.6. The first-order chi connectivity index (χ1) is 13.9. The van der Waals surface area contributed by atoms with Crippen LogP contribution in [0.3, 0.4) is 0 Å². The summed E-state index contributed by atoms with van der Waals surface area (Å²) in [6, 6.07) is 8.51. The van der Waals surface area contributed by atoms with Crippen molar-refractivity contribution < 1.29 is 100 Å². The first kappa shape index (κ1) is 28.6. The smallest absolute Gasteiger partial charge is 0.744 e. The molecule has 0 unspecified atom stereocenters. The molecule has 32 heavy (non-hydrogen) atoms. The van der Waals surface area contributed by atoms with Crippen molar-refractivity contribution >= 4 is 48.4 Å². The molecule has 0 radical (unpaired) electrons. The van der Waals surface area contributed by atoms with Gasteiger partial charge in [-0.1, -0.05) is 0 Å². The molecule has 0 aliphatic heterocycles. The Morgan fingerprint density at radius 3 is 1.94 bits per heavy atom. The van der Waals surface area contributed by atoms with E-state index in [1.165, 1.54) is 24.3 Å². The Hall–Kier alpha value is -1.39. The molecule has 0 aromatic heterocycles. The van der Waals surface area contributed by atoms with E-state index in [4.69, 9.17) is 5.11 Å². The summed E-state index contributed by atoms with van der Waals surface area (Å²) in [4.78, 5) is 9.19. The Kier molecular flexibility index (Phi) is 9.57. The van der Waals surface area contributed by atoms with Gasteiger partial charge in [0.1, 0.15) is 25.9 Å². The Morgan fingerprint density at radius 1 is 0.844 bits per heavy atom. The predicted molar refractivity (Wildman–Crippen MR) is 99.1 cm³/mol. The van der Waals surface area contributed by atoms with E-state index in [9.17, 15) is 35.8 Å². The van der Waals surface area contributed by atoms with Gasteiger partial charge in [0, 0.05) is 5.39 Å². The van der Waals surface area contributed by atoms with Crippen molar-refractivity contribution in [1.29, 1.82) is 0 Å². The van der Waals surface area contributed by atoms with E-state index in [-0.39, 0.29) is 81.1 Å². The number of benzene rings is 3. The number of aromatic hydroxyl groups is 1. The van der Waals surface area contributed by atoms with Crippen LogP contribution < -0.4 is 59.1 Å². The third-order valence-corrected chi connectivity index (χ3v) is 5.64. The minimum Gasteiger partial charge on any atom is -0.744 e. The van der Waals surface area contributed by atoms with Crippen molar-refractivity contribution in [3.8, 4) is 5.75 Å². The van der Waals surface area contributed by atoms with E-state index in [1.54, 1.807) is 0 Å². The van der Waals surface area contributed by atoms with E-state index in [1.807, 2.05) is 0 Å². The summed E-state index contributed by atoms with van der Waals surface area (Å²) in [5.74, 6) is -1.95. The number of carboxylic acid groups (broad SMARTS) is 1. The van der Waals surface area contributed by atoms with Crippen molar-refractivity contribution in [2.24, 2.45) is 10.2 Å². The summed E-state index contributed by atoms with van der Waals surface area (Å²) in [6.45, 7) is 0. The third kappa shape index (κ3) is 6.35. The molecule has 0 amide bonds. The summed E-state index contributed by atoms with van der Waals surface area (Å²) in [6.07, 6.45) is 0. The molecule has 11 nitrogen and oxygen atoms in total. The number of fused-ring (bicyclic) bond motifs is 1. The van der Waals surface area contributed by atoms with Gasteiger partial charge in [-0.15, -0.1) is 5.11 Å². The number of hydrogen-bond acceptors (Lipinski definition) is 10. The van der Waals surface area contributed by atoms with Crippen LogP contribution in [0.1, 0.15) is 10.4 Å². The maximum atomic E-state index is 11.6. The largest absolute Gasteiger partial charge is 1.00 e. The van der Waals surface area contributed by atoms with Gasteiger partial charge in [0.05, 0.1) is 21.0 Å². The van der Waals surface area contributed by atoms with Crippen molar-refractivity contribution in [2.75, 3.05) is 0 Å². The Balaban J connectivity index is 0.00000256. The summed E-state index contributed by atoms with van der Waals surface area (Å²) in [7, 11) is -10.1. The second-order valence-corrected chi connectivity index (χ2v) is 8.64. The maximum Gasteiger partial charge on any atom is 1.00 e. The summed E-state index contributed by atoms with van der Waals surface area (Å²) in [5.41, 5.74) is -0.631. The zero-order valence-corrected chi connectivity index (χ0v) is 22.2. The number of aromatic carboxylic acids is 1. The van der Waals surface area contributed by atoms with Gasteiger partial charge in [-0.3, -0.25) is 0 Å². The standard InChI is InChI=1S/C17H12N2O9S2.2Na/c20-16-13-6-5-12(29(23,24)25)7-10(13)8-14(30(26,27)28)15(16)19-18-11-3-1-9(2-4-11)17(21)22;;/h1-8,20H,(H,21,22)(H,23,24,25)(H,26,27,28);;/q;2*+1/p-2. The molecule has 0 heterocycles. The number of nitrogens with zero attached hydrogens (tertiary/aromatic N) is 2. The van der Waals surface area contributed by atoms with Gasteiger partial charge in [0.25, 0.3) is 0 Å². The minimum atomic E-state index is -5.19. The molecule has 0 spiro atoms. The third-order valence-electron chi connectivity index (χ3n) is 3.96. The van der Waals surface area contributed by atoms with Crippen molar-refractivity contribution in [3.05, 3.63) is 54.1 Å². The van der Waals surface area contributed by atoms with E-state index in [0.717, 1.165) is 24.3 Å². The predicted octanol–water partition coefficient (Wildman–Crippen LogP) is -3.52. The van der Waals surface area contributed by atoms with Crippen LogP contribution in [-0.4, -0.2) is 42.1 Å². The zero-order valence-electron chi connectivity index (χ0n) is 16.6. The molecule has 3 rings (SSSR count). The van der Waals surface area contributed by atoms with Gasteiger partial charge in [-0.25, -0.2) is 21.6 Å². The molecule has 15 heteroatoms. The molecule has 3 aromatic rings. The minimum absolute atomic E-state index is 0. The van der Waals surface area contributed by atoms with Gasteiger partial charge in [0.15, 0.2) is 5.75 Å². The summed E-state index contributed by atoms with van der Waals surface area (Å²) >= 11 is 0. The van der Waals surface area contributed by atoms with Crippen LogP contribution in [0.25, 0.3) is 10.8 Å². The van der Waals surface area contributed by atoms with Crippen LogP contribution in [0.4, 0.5) is 11.4 Å². The molecule has 3 aromatic carbocycles. The molecule has 0 atom stereocenters. The molecule has 0 bridgehead atoms. The Bertz CT molecular complexity index is 1420. The van der Waals surface area contributed by atoms with Gasteiger partial charge in [0.2, 0.25) is 0 Å². The van der Waals surface area contributed by atoms with Gasteiger partial charge in [-0.2, -0.15) is 5.11 Å². The molecule has 0 aliphatic rings.